The van der Waals surface area contributed by atoms with Gasteiger partial charge in [0.25, 0.3) is 5.91 Å². The lowest BCUT2D eigenvalue weighted by molar-refractivity contribution is -0.129. The summed E-state index contributed by atoms with van der Waals surface area (Å²) in [7, 11) is -3.53. The first kappa shape index (κ1) is 19.0. The van der Waals surface area contributed by atoms with Crippen LogP contribution in [0.25, 0.3) is 0 Å². The van der Waals surface area contributed by atoms with Gasteiger partial charge in [-0.25, -0.2) is 13.2 Å². The number of benzene rings is 1. The van der Waals surface area contributed by atoms with Crippen molar-refractivity contribution in [3.8, 4) is 0 Å². The molecule has 0 heterocycles. The molecule has 2 N–H and O–H groups in total. The monoisotopic (exact) mass is 342 g/mol. The van der Waals surface area contributed by atoms with Gasteiger partial charge in [0.15, 0.2) is 6.10 Å². The SMILES string of the molecule is CC(C)CNC(=O)[C@H](C)OC(=O)c1ccccc1NS(C)(=O)=O. The summed E-state index contributed by atoms with van der Waals surface area (Å²) in [6.45, 7) is 5.83. The van der Waals surface area contributed by atoms with Crippen LogP contribution in [0.15, 0.2) is 24.3 Å². The lowest BCUT2D eigenvalue weighted by atomic mass is 10.2. The Hall–Kier alpha value is -2.09. The Labute approximate surface area is 136 Å². The van der Waals surface area contributed by atoms with Crippen molar-refractivity contribution >= 4 is 27.6 Å². The fourth-order valence-electron chi connectivity index (χ4n) is 1.68. The van der Waals surface area contributed by atoms with Gasteiger partial charge in [0.1, 0.15) is 0 Å². The van der Waals surface area contributed by atoms with Gasteiger partial charge in [-0.2, -0.15) is 0 Å². The number of sulfonamides is 1. The Morgan fingerprint density at radius 1 is 1.17 bits per heavy atom. The van der Waals surface area contributed by atoms with Crippen LogP contribution in [0, 0.1) is 5.92 Å². The topological polar surface area (TPSA) is 102 Å². The first-order chi connectivity index (χ1) is 10.6. The van der Waals surface area contributed by atoms with Crippen molar-refractivity contribution in [1.29, 1.82) is 0 Å². The zero-order chi connectivity index (χ0) is 17.6. The second-order valence-electron chi connectivity index (χ2n) is 5.61. The van der Waals surface area contributed by atoms with Crippen molar-refractivity contribution in [1.82, 2.24) is 5.32 Å². The van der Waals surface area contributed by atoms with Crippen LogP contribution in [0.3, 0.4) is 0 Å². The number of nitrogens with one attached hydrogen (secondary N) is 2. The summed E-state index contributed by atoms with van der Waals surface area (Å²) in [6.07, 6.45) is 0.00410. The molecule has 0 aliphatic rings. The largest absolute Gasteiger partial charge is 0.449 e. The van der Waals surface area contributed by atoms with Crippen LogP contribution in [0.1, 0.15) is 31.1 Å². The fraction of sp³-hybridized carbons (Fsp3) is 0.467. The van der Waals surface area contributed by atoms with E-state index in [0.717, 1.165) is 6.26 Å². The molecule has 1 atom stereocenters. The van der Waals surface area contributed by atoms with Gasteiger partial charge >= 0.3 is 5.97 Å². The second kappa shape index (κ2) is 7.96. The van der Waals surface area contributed by atoms with Gasteiger partial charge in [0, 0.05) is 6.54 Å². The molecule has 1 amide bonds. The first-order valence-corrected chi connectivity index (χ1v) is 9.05. The highest BCUT2D eigenvalue weighted by Crippen LogP contribution is 2.18. The Balaban J connectivity index is 2.80. The van der Waals surface area contributed by atoms with Crippen molar-refractivity contribution in [2.75, 3.05) is 17.5 Å². The third-order valence-electron chi connectivity index (χ3n) is 2.78. The summed E-state index contributed by atoms with van der Waals surface area (Å²) >= 11 is 0. The Morgan fingerprint density at radius 2 is 1.78 bits per heavy atom. The van der Waals surface area contributed by atoms with Gasteiger partial charge in [-0.3, -0.25) is 9.52 Å². The molecule has 0 aliphatic heterocycles. The maximum atomic E-state index is 12.2. The Bertz CT molecular complexity index is 670. The molecule has 1 rings (SSSR count). The van der Waals surface area contributed by atoms with Crippen LogP contribution < -0.4 is 10.0 Å². The predicted molar refractivity (Wildman–Crippen MR) is 87.6 cm³/mol. The number of hydrogen-bond acceptors (Lipinski definition) is 5. The molecule has 0 aromatic heterocycles. The van der Waals surface area contributed by atoms with E-state index < -0.39 is 28.0 Å². The van der Waals surface area contributed by atoms with Crippen LogP contribution in [0.4, 0.5) is 5.69 Å². The number of hydrogen-bond donors (Lipinski definition) is 2. The summed E-state index contributed by atoms with van der Waals surface area (Å²) in [5, 5.41) is 2.66. The van der Waals surface area contributed by atoms with E-state index in [2.05, 4.69) is 10.0 Å². The summed E-state index contributed by atoms with van der Waals surface area (Å²) < 4.78 is 30.0. The number of anilines is 1. The normalized spacial score (nSPS) is 12.6. The summed E-state index contributed by atoms with van der Waals surface area (Å²) in [4.78, 5) is 24.0. The zero-order valence-corrected chi connectivity index (χ0v) is 14.4. The number of para-hydroxylation sites is 1. The lowest BCUT2D eigenvalue weighted by Gasteiger charge is -2.16. The molecule has 1 aromatic carbocycles. The smallest absolute Gasteiger partial charge is 0.341 e. The number of ether oxygens (including phenoxy) is 1. The van der Waals surface area contributed by atoms with E-state index in [1.165, 1.54) is 19.1 Å². The number of esters is 1. The standard InChI is InChI=1S/C15H22N2O5S/c1-10(2)9-16-14(18)11(3)22-15(19)12-7-5-6-8-13(12)17-23(4,20)21/h5-8,10-11,17H,9H2,1-4H3,(H,16,18)/t11-/m0/s1. The van der Waals surface area contributed by atoms with Crippen LogP contribution in [-0.2, 0) is 19.6 Å². The van der Waals surface area contributed by atoms with Crippen LogP contribution in [-0.4, -0.2) is 39.2 Å². The van der Waals surface area contributed by atoms with Crippen LogP contribution >= 0.6 is 0 Å². The molecule has 7 nitrogen and oxygen atoms in total. The lowest BCUT2D eigenvalue weighted by Crippen LogP contribution is -2.37. The van der Waals surface area contributed by atoms with Crippen molar-refractivity contribution in [3.05, 3.63) is 29.8 Å². The minimum Gasteiger partial charge on any atom is -0.449 e. The summed E-state index contributed by atoms with van der Waals surface area (Å²) in [5.74, 6) is -0.897. The molecular weight excluding hydrogens is 320 g/mol. The van der Waals surface area contributed by atoms with Gasteiger partial charge in [0.05, 0.1) is 17.5 Å². The van der Waals surface area contributed by atoms with Crippen molar-refractivity contribution < 1.29 is 22.7 Å². The van der Waals surface area contributed by atoms with Gasteiger partial charge in [-0.05, 0) is 25.0 Å². The van der Waals surface area contributed by atoms with E-state index in [-0.39, 0.29) is 17.2 Å². The molecule has 0 unspecified atom stereocenters. The molecule has 0 saturated carbocycles. The molecule has 128 valence electrons. The summed E-state index contributed by atoms with van der Waals surface area (Å²) in [5.41, 5.74) is 0.149. The van der Waals surface area contributed by atoms with Gasteiger partial charge < -0.3 is 10.1 Å². The number of carbonyl (C=O) groups is 2. The van der Waals surface area contributed by atoms with E-state index >= 15 is 0 Å². The van der Waals surface area contributed by atoms with Crippen molar-refractivity contribution in [2.45, 2.75) is 26.9 Å². The van der Waals surface area contributed by atoms with Gasteiger partial charge in [-0.1, -0.05) is 26.0 Å². The molecule has 0 bridgehead atoms. The molecule has 8 heteroatoms. The van der Waals surface area contributed by atoms with E-state index in [0.29, 0.717) is 6.54 Å². The maximum Gasteiger partial charge on any atom is 0.341 e. The zero-order valence-electron chi connectivity index (χ0n) is 13.6. The van der Waals surface area contributed by atoms with Crippen LogP contribution in [0.2, 0.25) is 0 Å². The van der Waals surface area contributed by atoms with E-state index in [4.69, 9.17) is 4.74 Å². The fourth-order valence-corrected chi connectivity index (χ4v) is 2.25. The highest BCUT2D eigenvalue weighted by molar-refractivity contribution is 7.92. The number of carbonyl (C=O) groups excluding carboxylic acids is 2. The van der Waals surface area contributed by atoms with Gasteiger partial charge in [0.2, 0.25) is 10.0 Å². The van der Waals surface area contributed by atoms with E-state index in [1.54, 1.807) is 12.1 Å². The molecule has 23 heavy (non-hydrogen) atoms. The quantitative estimate of drug-likeness (QED) is 0.729. The molecule has 0 fully saturated rings. The first-order valence-electron chi connectivity index (χ1n) is 7.15. The van der Waals surface area contributed by atoms with Crippen molar-refractivity contribution in [2.24, 2.45) is 5.92 Å². The third kappa shape index (κ3) is 6.68. The molecule has 0 saturated heterocycles. The molecule has 0 spiro atoms. The van der Waals surface area contributed by atoms with Crippen molar-refractivity contribution in [3.63, 3.8) is 0 Å². The maximum absolute atomic E-state index is 12.2. The average Bonchev–Trinajstić information content (AvgIpc) is 2.43. The molecule has 1 aromatic rings. The third-order valence-corrected chi connectivity index (χ3v) is 3.37. The Kier molecular flexibility index (Phi) is 6.56. The minimum absolute atomic E-state index is 0.0430. The average molecular weight is 342 g/mol. The van der Waals surface area contributed by atoms with Crippen LogP contribution in [0.5, 0.6) is 0 Å². The van der Waals surface area contributed by atoms with E-state index in [1.807, 2.05) is 13.8 Å². The number of rotatable bonds is 7. The number of amides is 1. The Morgan fingerprint density at radius 3 is 2.35 bits per heavy atom. The highest BCUT2D eigenvalue weighted by Gasteiger charge is 2.21. The highest BCUT2D eigenvalue weighted by atomic mass is 32.2. The minimum atomic E-state index is -3.53. The second-order valence-corrected chi connectivity index (χ2v) is 7.35. The molecule has 0 radical (unpaired) electrons. The predicted octanol–water partition coefficient (Wildman–Crippen LogP) is 1.38. The summed E-state index contributed by atoms with van der Waals surface area (Å²) in [6, 6.07) is 6.03. The molecule has 0 aliphatic carbocycles. The molecular formula is C15H22N2O5S. The van der Waals surface area contributed by atoms with Gasteiger partial charge in [-0.15, -0.1) is 0 Å². The van der Waals surface area contributed by atoms with E-state index in [9.17, 15) is 18.0 Å².